The van der Waals surface area contributed by atoms with Crippen LogP contribution in [0.4, 0.5) is 10.5 Å². The number of fused-ring (bicyclic) bond motifs is 1. The minimum atomic E-state index is -0.310. The van der Waals surface area contributed by atoms with E-state index < -0.39 is 0 Å². The van der Waals surface area contributed by atoms with Crippen molar-refractivity contribution in [2.24, 2.45) is 0 Å². The van der Waals surface area contributed by atoms with Crippen LogP contribution in [0.5, 0.6) is 11.6 Å². The standard InChI is InChI=1S/C14H15N3O3S/c1-20-13-11(7-21-17-13)16-14(19)15-10-6-5-9-8(10)3-2-4-12(9)18/h2-4,7,10,18H,5-6H2,1H3,(H2,15,16,19). The van der Waals surface area contributed by atoms with Crippen LogP contribution < -0.4 is 15.4 Å². The molecule has 3 N–H and O–H groups in total. The van der Waals surface area contributed by atoms with Crippen LogP contribution in [0.3, 0.4) is 0 Å². The van der Waals surface area contributed by atoms with Crippen LogP contribution in [0, 0.1) is 0 Å². The Morgan fingerprint density at radius 2 is 2.38 bits per heavy atom. The molecule has 110 valence electrons. The first-order valence-corrected chi connectivity index (χ1v) is 7.39. The van der Waals surface area contributed by atoms with Crippen molar-refractivity contribution in [2.45, 2.75) is 18.9 Å². The average molecular weight is 305 g/mol. The number of aromatic nitrogens is 1. The first kappa shape index (κ1) is 13.7. The number of carbonyl (C=O) groups is 1. The van der Waals surface area contributed by atoms with Crippen LogP contribution in [0.1, 0.15) is 23.6 Å². The normalized spacial score (nSPS) is 16.3. The second-order valence-corrected chi connectivity index (χ2v) is 5.40. The fourth-order valence-corrected chi connectivity index (χ4v) is 3.14. The SMILES string of the molecule is COc1nscc1NC(=O)NC1CCc2c(O)cccc21. The van der Waals surface area contributed by atoms with Gasteiger partial charge in [0.1, 0.15) is 11.4 Å². The molecule has 3 rings (SSSR count). The molecular formula is C14H15N3O3S. The molecule has 1 atom stereocenters. The molecule has 21 heavy (non-hydrogen) atoms. The zero-order valence-electron chi connectivity index (χ0n) is 11.4. The monoisotopic (exact) mass is 305 g/mol. The first-order valence-electron chi connectivity index (χ1n) is 6.55. The van der Waals surface area contributed by atoms with Gasteiger partial charge >= 0.3 is 6.03 Å². The average Bonchev–Trinajstić information content (AvgIpc) is 3.07. The maximum atomic E-state index is 12.1. The number of carbonyl (C=O) groups excluding carboxylic acids is 1. The number of anilines is 1. The number of methoxy groups -OCH3 is 1. The van der Waals surface area contributed by atoms with E-state index in [1.807, 2.05) is 6.07 Å². The lowest BCUT2D eigenvalue weighted by Gasteiger charge is -2.14. The fourth-order valence-electron chi connectivity index (χ4n) is 2.56. The summed E-state index contributed by atoms with van der Waals surface area (Å²) >= 11 is 1.22. The molecule has 1 aromatic heterocycles. The van der Waals surface area contributed by atoms with Crippen molar-refractivity contribution in [3.8, 4) is 11.6 Å². The second-order valence-electron chi connectivity index (χ2n) is 4.77. The van der Waals surface area contributed by atoms with Gasteiger partial charge in [0.05, 0.1) is 13.2 Å². The Labute approximate surface area is 125 Å². The number of rotatable bonds is 3. The van der Waals surface area contributed by atoms with Crippen LogP contribution in [-0.2, 0) is 6.42 Å². The van der Waals surface area contributed by atoms with Gasteiger partial charge in [-0.1, -0.05) is 12.1 Å². The Hall–Kier alpha value is -2.28. The molecule has 0 fully saturated rings. The summed E-state index contributed by atoms with van der Waals surface area (Å²) in [5.74, 6) is 0.695. The highest BCUT2D eigenvalue weighted by molar-refractivity contribution is 7.04. The highest BCUT2D eigenvalue weighted by Gasteiger charge is 2.26. The number of benzene rings is 1. The lowest BCUT2D eigenvalue weighted by atomic mass is 10.1. The number of phenols is 1. The molecular weight excluding hydrogens is 290 g/mol. The molecule has 2 amide bonds. The van der Waals surface area contributed by atoms with Gasteiger partial charge in [0.2, 0.25) is 5.88 Å². The summed E-state index contributed by atoms with van der Waals surface area (Å²) in [6, 6.07) is 4.99. The smallest absolute Gasteiger partial charge is 0.319 e. The van der Waals surface area contributed by atoms with Crippen molar-refractivity contribution in [1.82, 2.24) is 9.69 Å². The number of amides is 2. The summed E-state index contributed by atoms with van der Waals surface area (Å²) in [5.41, 5.74) is 2.44. The maximum Gasteiger partial charge on any atom is 0.319 e. The van der Waals surface area contributed by atoms with Gasteiger partial charge in [0.25, 0.3) is 0 Å². The summed E-state index contributed by atoms with van der Waals surface area (Å²) in [6.45, 7) is 0. The highest BCUT2D eigenvalue weighted by atomic mass is 32.1. The molecule has 0 spiro atoms. The molecule has 0 saturated carbocycles. The molecule has 0 saturated heterocycles. The van der Waals surface area contributed by atoms with E-state index in [9.17, 15) is 9.90 Å². The molecule has 1 aromatic carbocycles. The van der Waals surface area contributed by atoms with Gasteiger partial charge in [-0.3, -0.25) is 0 Å². The molecule has 1 unspecified atom stereocenters. The third kappa shape index (κ3) is 2.64. The van der Waals surface area contributed by atoms with Gasteiger partial charge < -0.3 is 20.5 Å². The van der Waals surface area contributed by atoms with Crippen LogP contribution in [0.25, 0.3) is 0 Å². The van der Waals surface area contributed by atoms with Gasteiger partial charge in [-0.15, -0.1) is 0 Å². The summed E-state index contributed by atoms with van der Waals surface area (Å²) in [5, 5.41) is 17.2. The Balaban J connectivity index is 1.69. The van der Waals surface area contributed by atoms with E-state index in [1.54, 1.807) is 17.5 Å². The van der Waals surface area contributed by atoms with Crippen molar-refractivity contribution < 1.29 is 14.6 Å². The molecule has 2 aromatic rings. The Morgan fingerprint density at radius 3 is 3.19 bits per heavy atom. The van der Waals surface area contributed by atoms with Crippen LogP contribution >= 0.6 is 11.5 Å². The number of nitrogens with one attached hydrogen (secondary N) is 2. The maximum absolute atomic E-state index is 12.1. The zero-order chi connectivity index (χ0) is 14.8. The predicted octanol–water partition coefficient (Wildman–Crippen LogP) is 2.67. The number of phenolic OH excluding ortho intramolecular Hbond substituents is 1. The minimum absolute atomic E-state index is 0.0929. The number of nitrogens with zero attached hydrogens (tertiary/aromatic N) is 1. The highest BCUT2D eigenvalue weighted by Crippen LogP contribution is 2.36. The third-order valence-electron chi connectivity index (χ3n) is 3.53. The van der Waals surface area contributed by atoms with E-state index >= 15 is 0 Å². The van der Waals surface area contributed by atoms with Gasteiger partial charge in [0, 0.05) is 5.38 Å². The van der Waals surface area contributed by atoms with Gasteiger partial charge in [-0.25, -0.2) is 4.79 Å². The van der Waals surface area contributed by atoms with Gasteiger partial charge in [0.15, 0.2) is 0 Å². The van der Waals surface area contributed by atoms with E-state index in [0.29, 0.717) is 17.3 Å². The van der Waals surface area contributed by atoms with E-state index in [4.69, 9.17) is 4.74 Å². The van der Waals surface area contributed by atoms with Crippen LogP contribution in [-0.4, -0.2) is 22.6 Å². The summed E-state index contributed by atoms with van der Waals surface area (Å²) in [7, 11) is 1.51. The Bertz CT molecular complexity index is 671. The van der Waals surface area contributed by atoms with Gasteiger partial charge in [-0.05, 0) is 41.6 Å². The van der Waals surface area contributed by atoms with Crippen molar-refractivity contribution in [2.75, 3.05) is 12.4 Å². The molecule has 1 aliphatic rings. The first-order chi connectivity index (χ1) is 10.2. The molecule has 6 nitrogen and oxygen atoms in total. The van der Waals surface area contributed by atoms with Crippen molar-refractivity contribution in [3.63, 3.8) is 0 Å². The molecule has 7 heteroatoms. The molecule has 0 radical (unpaired) electrons. The van der Waals surface area contributed by atoms with Crippen LogP contribution in [0.2, 0.25) is 0 Å². The largest absolute Gasteiger partial charge is 0.508 e. The van der Waals surface area contributed by atoms with Crippen molar-refractivity contribution >= 4 is 23.3 Å². The van der Waals surface area contributed by atoms with E-state index in [1.165, 1.54) is 18.6 Å². The molecule has 0 bridgehead atoms. The van der Waals surface area contributed by atoms with E-state index in [2.05, 4.69) is 15.0 Å². The minimum Gasteiger partial charge on any atom is -0.508 e. The van der Waals surface area contributed by atoms with E-state index in [-0.39, 0.29) is 12.1 Å². The third-order valence-corrected chi connectivity index (χ3v) is 4.14. The summed E-state index contributed by atoms with van der Waals surface area (Å²) < 4.78 is 9.06. The fraction of sp³-hybridized carbons (Fsp3) is 0.286. The quantitative estimate of drug-likeness (QED) is 0.814. The predicted molar refractivity (Wildman–Crippen MR) is 80.0 cm³/mol. The van der Waals surface area contributed by atoms with Crippen molar-refractivity contribution in [3.05, 3.63) is 34.7 Å². The number of hydrogen-bond donors (Lipinski definition) is 3. The molecule has 1 aliphatic carbocycles. The second kappa shape index (κ2) is 5.61. The number of aromatic hydroxyl groups is 1. The Morgan fingerprint density at radius 1 is 1.52 bits per heavy atom. The number of urea groups is 1. The van der Waals surface area contributed by atoms with Crippen molar-refractivity contribution in [1.29, 1.82) is 0 Å². The summed E-state index contributed by atoms with van der Waals surface area (Å²) in [6.07, 6.45) is 1.54. The lowest BCUT2D eigenvalue weighted by Crippen LogP contribution is -2.31. The number of hydrogen-bond acceptors (Lipinski definition) is 5. The van der Waals surface area contributed by atoms with Crippen LogP contribution in [0.15, 0.2) is 23.6 Å². The topological polar surface area (TPSA) is 83.5 Å². The van der Waals surface area contributed by atoms with Gasteiger partial charge in [-0.2, -0.15) is 4.37 Å². The lowest BCUT2D eigenvalue weighted by molar-refractivity contribution is 0.248. The molecule has 1 heterocycles. The Kier molecular flexibility index (Phi) is 3.66. The zero-order valence-corrected chi connectivity index (χ0v) is 12.2. The van der Waals surface area contributed by atoms with E-state index in [0.717, 1.165) is 24.0 Å². The summed E-state index contributed by atoms with van der Waals surface area (Å²) in [4.78, 5) is 12.1. The molecule has 0 aliphatic heterocycles. The number of ether oxygens (including phenoxy) is 1.